The second-order valence-electron chi connectivity index (χ2n) is 3.14. The van der Waals surface area contributed by atoms with Crippen molar-refractivity contribution >= 4 is 17.5 Å². The molecule has 0 aliphatic heterocycles. The number of carbonyl (C=O) groups excluding carboxylic acids is 1. The maximum Gasteiger partial charge on any atom is 0.269 e. The quantitative estimate of drug-likeness (QED) is 0.777. The lowest BCUT2D eigenvalue weighted by atomic mass is 10.3. The van der Waals surface area contributed by atoms with Crippen molar-refractivity contribution in [2.24, 2.45) is 0 Å². The van der Waals surface area contributed by atoms with Crippen LogP contribution in [0.3, 0.4) is 0 Å². The minimum absolute atomic E-state index is 0.107. The molecule has 0 spiro atoms. The van der Waals surface area contributed by atoms with E-state index < -0.39 is 0 Å². The van der Waals surface area contributed by atoms with E-state index in [9.17, 15) is 4.79 Å². The van der Waals surface area contributed by atoms with Crippen molar-refractivity contribution in [2.75, 3.05) is 12.4 Å². The molecule has 0 bridgehead atoms. The number of aromatic nitrogens is 2. The Bertz CT molecular complexity index is 335. The average molecular weight is 230 g/mol. The van der Waals surface area contributed by atoms with Gasteiger partial charge in [-0.15, -0.1) is 11.6 Å². The highest BCUT2D eigenvalue weighted by molar-refractivity contribution is 6.18. The van der Waals surface area contributed by atoms with Gasteiger partial charge in [0.05, 0.1) is 5.69 Å². The molecule has 0 atom stereocenters. The van der Waals surface area contributed by atoms with E-state index in [1.807, 2.05) is 19.9 Å². The fourth-order valence-corrected chi connectivity index (χ4v) is 1.41. The van der Waals surface area contributed by atoms with E-state index in [2.05, 4.69) is 10.4 Å². The Kier molecular flexibility index (Phi) is 4.62. The smallest absolute Gasteiger partial charge is 0.269 e. The van der Waals surface area contributed by atoms with Crippen molar-refractivity contribution < 1.29 is 4.79 Å². The topological polar surface area (TPSA) is 46.9 Å². The highest BCUT2D eigenvalue weighted by Crippen LogP contribution is 2.05. The lowest BCUT2D eigenvalue weighted by molar-refractivity contribution is 0.0945. The molecule has 1 N–H and O–H groups in total. The Labute approximate surface area is 94.6 Å². The molecule has 0 aromatic carbocycles. The fourth-order valence-electron chi connectivity index (χ4n) is 1.32. The van der Waals surface area contributed by atoms with E-state index in [0.29, 0.717) is 24.7 Å². The molecular weight excluding hydrogens is 214 g/mol. The zero-order chi connectivity index (χ0) is 11.3. The van der Waals surface area contributed by atoms with Gasteiger partial charge in [0.1, 0.15) is 5.69 Å². The second kappa shape index (κ2) is 5.75. The van der Waals surface area contributed by atoms with E-state index in [-0.39, 0.29) is 5.91 Å². The lowest BCUT2D eigenvalue weighted by Crippen LogP contribution is -2.27. The summed E-state index contributed by atoms with van der Waals surface area (Å²) in [5.41, 5.74) is 1.55. The van der Waals surface area contributed by atoms with Crippen LogP contribution >= 0.6 is 11.6 Å². The van der Waals surface area contributed by atoms with Crippen LogP contribution in [0.4, 0.5) is 0 Å². The zero-order valence-electron chi connectivity index (χ0n) is 9.09. The molecule has 84 valence electrons. The van der Waals surface area contributed by atoms with Gasteiger partial charge in [-0.2, -0.15) is 5.10 Å². The highest BCUT2D eigenvalue weighted by atomic mass is 35.5. The van der Waals surface area contributed by atoms with E-state index in [0.717, 1.165) is 12.1 Å². The number of nitrogens with one attached hydrogen (secondary N) is 1. The predicted octanol–water partition coefficient (Wildman–Crippen LogP) is 1.43. The van der Waals surface area contributed by atoms with Crippen LogP contribution in [0.2, 0.25) is 0 Å². The molecule has 1 rings (SSSR count). The number of aryl methyl sites for hydroxylation is 2. The van der Waals surface area contributed by atoms with Crippen LogP contribution in [0, 0.1) is 0 Å². The lowest BCUT2D eigenvalue weighted by Gasteiger charge is -2.04. The number of rotatable bonds is 5. The monoisotopic (exact) mass is 229 g/mol. The molecule has 1 amide bonds. The summed E-state index contributed by atoms with van der Waals surface area (Å²) in [6, 6.07) is 1.83. The van der Waals surface area contributed by atoms with Gasteiger partial charge >= 0.3 is 0 Å². The minimum Gasteiger partial charge on any atom is -0.350 e. The Morgan fingerprint density at radius 3 is 2.87 bits per heavy atom. The SMILES string of the molecule is CCc1cc(C(=O)NCCCl)n(CC)n1. The van der Waals surface area contributed by atoms with Crippen LogP contribution in [-0.2, 0) is 13.0 Å². The normalized spacial score (nSPS) is 10.3. The Hall–Kier alpha value is -1.03. The summed E-state index contributed by atoms with van der Waals surface area (Å²) in [6.45, 7) is 5.16. The van der Waals surface area contributed by atoms with Crippen LogP contribution in [0.5, 0.6) is 0 Å². The third kappa shape index (κ3) is 2.96. The van der Waals surface area contributed by atoms with E-state index in [1.165, 1.54) is 0 Å². The van der Waals surface area contributed by atoms with Crippen molar-refractivity contribution in [3.05, 3.63) is 17.5 Å². The first-order valence-electron chi connectivity index (χ1n) is 5.13. The van der Waals surface area contributed by atoms with Crippen LogP contribution in [0.25, 0.3) is 0 Å². The maximum atomic E-state index is 11.7. The number of alkyl halides is 1. The van der Waals surface area contributed by atoms with E-state index >= 15 is 0 Å². The molecule has 0 aliphatic rings. The first kappa shape index (κ1) is 12.0. The minimum atomic E-state index is -0.107. The Balaban J connectivity index is 2.81. The number of hydrogen-bond acceptors (Lipinski definition) is 2. The number of halogens is 1. The molecule has 1 aromatic rings. The van der Waals surface area contributed by atoms with Gasteiger partial charge in [-0.25, -0.2) is 0 Å². The van der Waals surface area contributed by atoms with Crippen molar-refractivity contribution in [1.82, 2.24) is 15.1 Å². The maximum absolute atomic E-state index is 11.7. The van der Waals surface area contributed by atoms with Gasteiger partial charge in [-0.05, 0) is 19.4 Å². The average Bonchev–Trinajstić information content (AvgIpc) is 2.69. The standard InChI is InChI=1S/C10H16ClN3O/c1-3-8-7-9(14(4-2)13-8)10(15)12-6-5-11/h7H,3-6H2,1-2H3,(H,12,15). The zero-order valence-corrected chi connectivity index (χ0v) is 9.84. The summed E-state index contributed by atoms with van der Waals surface area (Å²) in [7, 11) is 0. The first-order chi connectivity index (χ1) is 7.22. The molecule has 0 saturated carbocycles. The van der Waals surface area contributed by atoms with Gasteiger partial charge in [-0.3, -0.25) is 9.48 Å². The Morgan fingerprint density at radius 2 is 2.33 bits per heavy atom. The van der Waals surface area contributed by atoms with Crippen molar-refractivity contribution in [1.29, 1.82) is 0 Å². The largest absolute Gasteiger partial charge is 0.350 e. The van der Waals surface area contributed by atoms with Crippen LogP contribution in [0.15, 0.2) is 6.07 Å². The summed E-state index contributed by atoms with van der Waals surface area (Å²) in [6.07, 6.45) is 0.836. The summed E-state index contributed by atoms with van der Waals surface area (Å²) < 4.78 is 1.71. The van der Waals surface area contributed by atoms with Crippen LogP contribution in [-0.4, -0.2) is 28.1 Å². The fraction of sp³-hybridized carbons (Fsp3) is 0.600. The summed E-state index contributed by atoms with van der Waals surface area (Å²) in [5.74, 6) is 0.316. The first-order valence-corrected chi connectivity index (χ1v) is 5.67. The molecule has 0 unspecified atom stereocenters. The molecule has 0 saturated heterocycles. The van der Waals surface area contributed by atoms with Gasteiger partial charge < -0.3 is 5.32 Å². The summed E-state index contributed by atoms with van der Waals surface area (Å²) in [4.78, 5) is 11.7. The highest BCUT2D eigenvalue weighted by Gasteiger charge is 2.12. The second-order valence-corrected chi connectivity index (χ2v) is 3.51. The number of nitrogens with zero attached hydrogens (tertiary/aromatic N) is 2. The van der Waals surface area contributed by atoms with Crippen molar-refractivity contribution in [2.45, 2.75) is 26.8 Å². The molecule has 4 nitrogen and oxygen atoms in total. The van der Waals surface area contributed by atoms with Gasteiger partial charge in [0.15, 0.2) is 0 Å². The van der Waals surface area contributed by atoms with Crippen molar-refractivity contribution in [3.63, 3.8) is 0 Å². The van der Waals surface area contributed by atoms with Crippen molar-refractivity contribution in [3.8, 4) is 0 Å². The molecule has 1 heterocycles. The van der Waals surface area contributed by atoms with Gasteiger partial charge in [-0.1, -0.05) is 6.92 Å². The molecule has 1 aromatic heterocycles. The predicted molar refractivity (Wildman–Crippen MR) is 60.3 cm³/mol. The third-order valence-corrected chi connectivity index (χ3v) is 2.29. The van der Waals surface area contributed by atoms with Gasteiger partial charge in [0.25, 0.3) is 5.91 Å². The number of carbonyl (C=O) groups is 1. The van der Waals surface area contributed by atoms with Gasteiger partial charge in [0.2, 0.25) is 0 Å². The van der Waals surface area contributed by atoms with E-state index in [1.54, 1.807) is 4.68 Å². The third-order valence-electron chi connectivity index (χ3n) is 2.11. The number of amides is 1. The molecule has 0 fully saturated rings. The molecule has 0 radical (unpaired) electrons. The molecular formula is C10H16ClN3O. The molecule has 5 heteroatoms. The summed E-state index contributed by atoms with van der Waals surface area (Å²) in [5, 5.41) is 7.03. The van der Waals surface area contributed by atoms with Crippen LogP contribution in [0.1, 0.15) is 30.0 Å². The molecule has 0 aliphatic carbocycles. The Morgan fingerprint density at radius 1 is 1.60 bits per heavy atom. The molecule has 15 heavy (non-hydrogen) atoms. The van der Waals surface area contributed by atoms with E-state index in [4.69, 9.17) is 11.6 Å². The summed E-state index contributed by atoms with van der Waals surface area (Å²) >= 11 is 5.50. The van der Waals surface area contributed by atoms with Crippen LogP contribution < -0.4 is 5.32 Å². The number of hydrogen-bond donors (Lipinski definition) is 1. The van der Waals surface area contributed by atoms with Gasteiger partial charge in [0, 0.05) is 19.0 Å².